The van der Waals surface area contributed by atoms with E-state index in [1.165, 1.54) is 17.3 Å². The summed E-state index contributed by atoms with van der Waals surface area (Å²) in [5, 5.41) is 11.5. The van der Waals surface area contributed by atoms with Crippen molar-refractivity contribution < 1.29 is 9.66 Å². The Bertz CT molecular complexity index is 743. The van der Waals surface area contributed by atoms with Crippen molar-refractivity contribution in [3.05, 3.63) is 63.7 Å². The SMILES string of the molecule is Cc1ccc(Sc2ccc(CCCN3CCOCC3)cc2[N+](=O)[O-])cc1. The molecule has 0 unspecified atom stereocenters. The van der Waals surface area contributed by atoms with E-state index in [1.54, 1.807) is 6.07 Å². The van der Waals surface area contributed by atoms with Crippen molar-refractivity contribution in [1.29, 1.82) is 0 Å². The number of morpholine rings is 1. The lowest BCUT2D eigenvalue weighted by atomic mass is 10.1. The molecule has 2 aromatic rings. The molecule has 0 atom stereocenters. The zero-order chi connectivity index (χ0) is 18.4. The molecule has 26 heavy (non-hydrogen) atoms. The molecule has 0 amide bonds. The van der Waals surface area contributed by atoms with Crippen LogP contribution in [0.15, 0.2) is 52.3 Å². The van der Waals surface area contributed by atoms with E-state index >= 15 is 0 Å². The molecule has 0 bridgehead atoms. The van der Waals surface area contributed by atoms with Gasteiger partial charge < -0.3 is 4.74 Å². The first-order valence-corrected chi connectivity index (χ1v) is 9.75. The number of nitrogens with zero attached hydrogens (tertiary/aromatic N) is 2. The summed E-state index contributed by atoms with van der Waals surface area (Å²) in [4.78, 5) is 15.3. The third-order valence-corrected chi connectivity index (χ3v) is 5.59. The van der Waals surface area contributed by atoms with Gasteiger partial charge in [-0.1, -0.05) is 35.5 Å². The highest BCUT2D eigenvalue weighted by molar-refractivity contribution is 7.99. The third kappa shape index (κ3) is 5.30. The molecule has 0 aromatic heterocycles. The van der Waals surface area contributed by atoms with E-state index in [0.29, 0.717) is 4.90 Å². The number of nitro benzene ring substituents is 1. The molecule has 6 heteroatoms. The van der Waals surface area contributed by atoms with Gasteiger partial charge in [-0.15, -0.1) is 0 Å². The van der Waals surface area contributed by atoms with E-state index in [-0.39, 0.29) is 10.6 Å². The normalized spacial score (nSPS) is 15.1. The molecule has 2 aromatic carbocycles. The molecular formula is C20H24N2O3S. The maximum absolute atomic E-state index is 11.5. The fourth-order valence-corrected chi connectivity index (χ4v) is 3.91. The van der Waals surface area contributed by atoms with Crippen LogP contribution in [0.3, 0.4) is 0 Å². The molecule has 1 saturated heterocycles. The topological polar surface area (TPSA) is 55.6 Å². The first-order chi connectivity index (χ1) is 12.6. The van der Waals surface area contributed by atoms with E-state index in [4.69, 9.17) is 4.74 Å². The van der Waals surface area contributed by atoms with Crippen LogP contribution >= 0.6 is 11.8 Å². The molecule has 1 fully saturated rings. The Labute approximate surface area is 158 Å². The molecule has 5 nitrogen and oxygen atoms in total. The zero-order valence-electron chi connectivity index (χ0n) is 15.0. The second-order valence-corrected chi connectivity index (χ2v) is 7.65. The number of aryl methyl sites for hydroxylation is 2. The van der Waals surface area contributed by atoms with Gasteiger partial charge in [-0.05, 0) is 50.1 Å². The molecule has 0 saturated carbocycles. The third-order valence-electron chi connectivity index (χ3n) is 4.51. The fraction of sp³-hybridized carbons (Fsp3) is 0.400. The predicted octanol–water partition coefficient (Wildman–Crippen LogP) is 4.32. The summed E-state index contributed by atoms with van der Waals surface area (Å²) in [6.45, 7) is 6.60. The van der Waals surface area contributed by atoms with Gasteiger partial charge in [-0.2, -0.15) is 0 Å². The van der Waals surface area contributed by atoms with Crippen LogP contribution in [0.1, 0.15) is 17.5 Å². The van der Waals surface area contributed by atoms with Crippen LogP contribution in [0.5, 0.6) is 0 Å². The van der Waals surface area contributed by atoms with Crippen molar-refractivity contribution in [2.24, 2.45) is 0 Å². The predicted molar refractivity (Wildman–Crippen MR) is 104 cm³/mol. The largest absolute Gasteiger partial charge is 0.379 e. The summed E-state index contributed by atoms with van der Waals surface area (Å²) in [5.41, 5.74) is 2.40. The van der Waals surface area contributed by atoms with E-state index in [9.17, 15) is 10.1 Å². The highest BCUT2D eigenvalue weighted by atomic mass is 32.2. The maximum atomic E-state index is 11.5. The molecular weight excluding hydrogens is 348 g/mol. The Balaban J connectivity index is 1.64. The van der Waals surface area contributed by atoms with Crippen LogP contribution in [0.2, 0.25) is 0 Å². The second-order valence-electron chi connectivity index (χ2n) is 6.53. The van der Waals surface area contributed by atoms with Crippen LogP contribution in [0, 0.1) is 17.0 Å². The molecule has 0 spiro atoms. The standard InChI is InChI=1S/C20H24N2O3S/c1-16-4-7-18(8-5-16)26-20-9-6-17(15-19(20)22(23)24)3-2-10-21-11-13-25-14-12-21/h4-9,15H,2-3,10-14H2,1H3. The van der Waals surface area contributed by atoms with Gasteiger partial charge in [0, 0.05) is 24.1 Å². The molecule has 0 N–H and O–H groups in total. The second kappa shape index (κ2) is 9.16. The highest BCUT2D eigenvalue weighted by Crippen LogP contribution is 2.35. The van der Waals surface area contributed by atoms with Crippen molar-refractivity contribution in [1.82, 2.24) is 4.90 Å². The van der Waals surface area contributed by atoms with Crippen LogP contribution in [0.4, 0.5) is 5.69 Å². The Morgan fingerprint density at radius 2 is 1.88 bits per heavy atom. The lowest BCUT2D eigenvalue weighted by molar-refractivity contribution is -0.387. The summed E-state index contributed by atoms with van der Waals surface area (Å²) in [5.74, 6) is 0. The smallest absolute Gasteiger partial charge is 0.283 e. The number of benzene rings is 2. The average Bonchev–Trinajstić information content (AvgIpc) is 2.65. The van der Waals surface area contributed by atoms with Gasteiger partial charge in [-0.25, -0.2) is 0 Å². The average molecular weight is 372 g/mol. The summed E-state index contributed by atoms with van der Waals surface area (Å²) in [7, 11) is 0. The zero-order valence-corrected chi connectivity index (χ0v) is 15.8. The van der Waals surface area contributed by atoms with Gasteiger partial charge in [0.25, 0.3) is 5.69 Å². The van der Waals surface area contributed by atoms with Crippen LogP contribution < -0.4 is 0 Å². The number of hydrogen-bond donors (Lipinski definition) is 0. The van der Waals surface area contributed by atoms with Crippen molar-refractivity contribution in [2.45, 2.75) is 29.6 Å². The van der Waals surface area contributed by atoms with E-state index < -0.39 is 0 Å². The quantitative estimate of drug-likeness (QED) is 0.535. The van der Waals surface area contributed by atoms with Crippen molar-refractivity contribution in [3.8, 4) is 0 Å². The van der Waals surface area contributed by atoms with E-state index in [0.717, 1.165) is 56.1 Å². The number of rotatable bonds is 7. The van der Waals surface area contributed by atoms with Crippen LogP contribution in [-0.4, -0.2) is 42.7 Å². The Morgan fingerprint density at radius 3 is 2.58 bits per heavy atom. The molecule has 1 heterocycles. The Kier molecular flexibility index (Phi) is 6.66. The lowest BCUT2D eigenvalue weighted by Gasteiger charge is -2.26. The molecule has 0 radical (unpaired) electrons. The van der Waals surface area contributed by atoms with Crippen LogP contribution in [-0.2, 0) is 11.2 Å². The van der Waals surface area contributed by atoms with Gasteiger partial charge in [0.2, 0.25) is 0 Å². The minimum absolute atomic E-state index is 0.194. The summed E-state index contributed by atoms with van der Waals surface area (Å²) in [6, 6.07) is 13.7. The van der Waals surface area contributed by atoms with E-state index in [1.807, 2.05) is 43.3 Å². The Hall–Kier alpha value is -1.89. The molecule has 0 aliphatic carbocycles. The minimum atomic E-state index is -0.276. The van der Waals surface area contributed by atoms with Gasteiger partial charge >= 0.3 is 0 Å². The van der Waals surface area contributed by atoms with Crippen LogP contribution in [0.25, 0.3) is 0 Å². The van der Waals surface area contributed by atoms with Gasteiger partial charge in [0.15, 0.2) is 0 Å². The van der Waals surface area contributed by atoms with Crippen molar-refractivity contribution in [3.63, 3.8) is 0 Å². The van der Waals surface area contributed by atoms with Gasteiger partial charge in [-0.3, -0.25) is 15.0 Å². The van der Waals surface area contributed by atoms with Gasteiger partial charge in [0.1, 0.15) is 0 Å². The maximum Gasteiger partial charge on any atom is 0.283 e. The van der Waals surface area contributed by atoms with Crippen molar-refractivity contribution in [2.75, 3.05) is 32.8 Å². The molecule has 1 aliphatic heterocycles. The molecule has 138 valence electrons. The minimum Gasteiger partial charge on any atom is -0.379 e. The van der Waals surface area contributed by atoms with E-state index in [2.05, 4.69) is 4.90 Å². The first kappa shape index (κ1) is 18.9. The molecule has 3 rings (SSSR count). The summed E-state index contributed by atoms with van der Waals surface area (Å²) in [6.07, 6.45) is 1.86. The number of ether oxygens (including phenoxy) is 1. The first-order valence-electron chi connectivity index (χ1n) is 8.94. The summed E-state index contributed by atoms with van der Waals surface area (Å²) >= 11 is 1.44. The fourth-order valence-electron chi connectivity index (χ4n) is 3.01. The monoisotopic (exact) mass is 372 g/mol. The number of hydrogen-bond acceptors (Lipinski definition) is 5. The highest BCUT2D eigenvalue weighted by Gasteiger charge is 2.16. The number of nitro groups is 1. The summed E-state index contributed by atoms with van der Waals surface area (Å²) < 4.78 is 5.36. The molecule has 1 aliphatic rings. The Morgan fingerprint density at radius 1 is 1.15 bits per heavy atom. The van der Waals surface area contributed by atoms with Gasteiger partial charge in [0.05, 0.1) is 23.0 Å². The lowest BCUT2D eigenvalue weighted by Crippen LogP contribution is -2.36. The van der Waals surface area contributed by atoms with Crippen molar-refractivity contribution >= 4 is 17.4 Å².